The lowest BCUT2D eigenvalue weighted by Gasteiger charge is -2.26. The fourth-order valence-corrected chi connectivity index (χ4v) is 5.04. The summed E-state index contributed by atoms with van der Waals surface area (Å²) in [5.74, 6) is 0.0810. The van der Waals surface area contributed by atoms with Crippen LogP contribution in [0.5, 0.6) is 5.75 Å². The smallest absolute Gasteiger partial charge is 0.262 e. The van der Waals surface area contributed by atoms with Crippen LogP contribution < -0.4 is 15.0 Å². The zero-order valence-corrected chi connectivity index (χ0v) is 18.7. The van der Waals surface area contributed by atoms with Gasteiger partial charge in [-0.2, -0.15) is 4.31 Å². The van der Waals surface area contributed by atoms with Gasteiger partial charge in [-0.15, -0.1) is 0 Å². The van der Waals surface area contributed by atoms with Crippen molar-refractivity contribution in [3.05, 3.63) is 47.5 Å². The van der Waals surface area contributed by atoms with Crippen LogP contribution in [-0.2, 0) is 14.8 Å². The molecule has 1 saturated heterocycles. The predicted molar refractivity (Wildman–Crippen MR) is 119 cm³/mol. The highest BCUT2D eigenvalue weighted by atomic mass is 35.5. The van der Waals surface area contributed by atoms with Gasteiger partial charge in [-0.05, 0) is 49.2 Å². The molecule has 2 aromatic carbocycles. The molecule has 1 N–H and O–H groups in total. The number of hydrogen-bond donors (Lipinski definition) is 1. The molecular formula is C21H26ClN3O4S. The van der Waals surface area contributed by atoms with E-state index in [1.807, 2.05) is 19.0 Å². The molecule has 1 heterocycles. The second-order valence-corrected chi connectivity index (χ2v) is 9.71. The number of ether oxygens (including phenoxy) is 1. The molecule has 30 heavy (non-hydrogen) atoms. The highest BCUT2D eigenvalue weighted by Gasteiger charge is 2.27. The van der Waals surface area contributed by atoms with Crippen LogP contribution in [0.25, 0.3) is 0 Å². The lowest BCUT2D eigenvalue weighted by atomic mass is 10.2. The average Bonchev–Trinajstić information content (AvgIpc) is 2.73. The third kappa shape index (κ3) is 5.44. The number of hydrogen-bond acceptors (Lipinski definition) is 5. The number of rotatable bonds is 7. The van der Waals surface area contributed by atoms with Crippen LogP contribution in [0.15, 0.2) is 47.4 Å². The van der Waals surface area contributed by atoms with Gasteiger partial charge in [0.2, 0.25) is 10.0 Å². The normalized spacial score (nSPS) is 14.9. The van der Waals surface area contributed by atoms with Crippen molar-refractivity contribution < 1.29 is 17.9 Å². The van der Waals surface area contributed by atoms with E-state index in [1.165, 1.54) is 10.4 Å². The molecule has 7 nitrogen and oxygen atoms in total. The second kappa shape index (κ2) is 9.68. The van der Waals surface area contributed by atoms with Crippen LogP contribution in [0.1, 0.15) is 19.3 Å². The number of carbonyl (C=O) groups excluding carboxylic acids is 1. The lowest BCUT2D eigenvalue weighted by molar-refractivity contribution is -0.118. The highest BCUT2D eigenvalue weighted by molar-refractivity contribution is 7.89. The van der Waals surface area contributed by atoms with E-state index in [-0.39, 0.29) is 11.5 Å². The van der Waals surface area contributed by atoms with Crippen molar-refractivity contribution in [3.63, 3.8) is 0 Å². The Hall–Kier alpha value is -2.29. The Bertz CT molecular complexity index is 1010. The molecule has 1 fully saturated rings. The molecule has 0 bridgehead atoms. The number of benzene rings is 2. The van der Waals surface area contributed by atoms with E-state index in [1.54, 1.807) is 36.4 Å². The molecule has 2 aromatic rings. The van der Waals surface area contributed by atoms with Gasteiger partial charge in [0.05, 0.1) is 16.3 Å². The summed E-state index contributed by atoms with van der Waals surface area (Å²) in [6.45, 7) is 0.816. The first-order valence-corrected chi connectivity index (χ1v) is 11.6. The number of nitrogens with zero attached hydrogens (tertiary/aromatic N) is 2. The summed E-state index contributed by atoms with van der Waals surface area (Å²) < 4.78 is 33.0. The molecule has 0 unspecified atom stereocenters. The minimum absolute atomic E-state index is 0.168. The fraction of sp³-hybridized carbons (Fsp3) is 0.381. The first-order chi connectivity index (χ1) is 14.3. The number of anilines is 2. The largest absolute Gasteiger partial charge is 0.484 e. The summed E-state index contributed by atoms with van der Waals surface area (Å²) in [5.41, 5.74) is 1.11. The molecule has 0 aliphatic carbocycles. The summed E-state index contributed by atoms with van der Waals surface area (Å²) >= 11 is 5.92. The Labute approximate surface area is 182 Å². The van der Waals surface area contributed by atoms with Crippen LogP contribution in [0.4, 0.5) is 11.4 Å². The van der Waals surface area contributed by atoms with Crippen LogP contribution in [0.3, 0.4) is 0 Å². The SMILES string of the molecule is CN(C)c1ccc(S(=O)(=O)N2CCCCC2)cc1NC(=O)COc1cccc(Cl)c1. The monoisotopic (exact) mass is 451 g/mol. The van der Waals surface area contributed by atoms with E-state index >= 15 is 0 Å². The third-order valence-electron chi connectivity index (χ3n) is 4.84. The van der Waals surface area contributed by atoms with Crippen LogP contribution >= 0.6 is 11.6 Å². The first-order valence-electron chi connectivity index (χ1n) is 9.77. The molecule has 0 spiro atoms. The van der Waals surface area contributed by atoms with Crippen molar-refractivity contribution in [1.29, 1.82) is 0 Å². The van der Waals surface area contributed by atoms with Gasteiger partial charge in [-0.3, -0.25) is 4.79 Å². The van der Waals surface area contributed by atoms with Gasteiger partial charge in [-0.1, -0.05) is 24.1 Å². The molecule has 0 radical (unpaired) electrons. The maximum absolute atomic E-state index is 13.0. The van der Waals surface area contributed by atoms with Crippen molar-refractivity contribution in [2.45, 2.75) is 24.2 Å². The maximum Gasteiger partial charge on any atom is 0.262 e. The van der Waals surface area contributed by atoms with Crippen LogP contribution in [0, 0.1) is 0 Å². The average molecular weight is 452 g/mol. The molecule has 1 amide bonds. The summed E-state index contributed by atoms with van der Waals surface area (Å²) in [6, 6.07) is 11.6. The van der Waals surface area contributed by atoms with E-state index in [0.29, 0.717) is 35.2 Å². The van der Waals surface area contributed by atoms with E-state index < -0.39 is 15.9 Å². The van der Waals surface area contributed by atoms with Crippen LogP contribution in [0.2, 0.25) is 5.02 Å². The van der Waals surface area contributed by atoms with Gasteiger partial charge in [0.25, 0.3) is 5.91 Å². The number of halogens is 1. The molecule has 0 aromatic heterocycles. The quantitative estimate of drug-likeness (QED) is 0.695. The van der Waals surface area contributed by atoms with Crippen molar-refractivity contribution >= 4 is 38.9 Å². The second-order valence-electron chi connectivity index (χ2n) is 7.33. The van der Waals surface area contributed by atoms with Crippen molar-refractivity contribution in [3.8, 4) is 5.75 Å². The summed E-state index contributed by atoms with van der Waals surface area (Å²) in [7, 11) is 0.0461. The van der Waals surface area contributed by atoms with E-state index in [2.05, 4.69) is 5.32 Å². The van der Waals surface area contributed by atoms with E-state index in [0.717, 1.165) is 19.3 Å². The molecule has 162 valence electrons. The molecule has 0 saturated carbocycles. The standard InChI is InChI=1S/C21H26ClN3O4S/c1-24(2)20-10-9-18(30(27,28)25-11-4-3-5-12-25)14-19(20)23-21(26)15-29-17-8-6-7-16(22)13-17/h6-10,13-14H,3-5,11-12,15H2,1-2H3,(H,23,26). The van der Waals surface area contributed by atoms with Gasteiger partial charge < -0.3 is 15.0 Å². The molecule has 1 aliphatic rings. The number of amides is 1. The number of piperidine rings is 1. The minimum atomic E-state index is -3.61. The van der Waals surface area contributed by atoms with E-state index in [9.17, 15) is 13.2 Å². The van der Waals surface area contributed by atoms with E-state index in [4.69, 9.17) is 16.3 Å². The number of nitrogens with one attached hydrogen (secondary N) is 1. The Morgan fingerprint density at radius 2 is 1.87 bits per heavy atom. The minimum Gasteiger partial charge on any atom is -0.484 e. The van der Waals surface area contributed by atoms with Gasteiger partial charge in [0.15, 0.2) is 6.61 Å². The Balaban J connectivity index is 1.78. The number of sulfonamides is 1. The van der Waals surface area contributed by atoms with Crippen molar-refractivity contribution in [2.75, 3.05) is 44.0 Å². The van der Waals surface area contributed by atoms with Gasteiger partial charge in [-0.25, -0.2) is 8.42 Å². The summed E-state index contributed by atoms with van der Waals surface area (Å²) in [6.07, 6.45) is 2.76. The summed E-state index contributed by atoms with van der Waals surface area (Å²) in [5, 5.41) is 3.28. The Morgan fingerprint density at radius 3 is 2.53 bits per heavy atom. The molecule has 9 heteroatoms. The maximum atomic E-state index is 13.0. The fourth-order valence-electron chi connectivity index (χ4n) is 3.31. The number of carbonyl (C=O) groups is 1. The molecular weight excluding hydrogens is 426 g/mol. The zero-order valence-electron chi connectivity index (χ0n) is 17.1. The Kier molecular flexibility index (Phi) is 7.23. The van der Waals surface area contributed by atoms with Crippen molar-refractivity contribution in [2.24, 2.45) is 0 Å². The predicted octanol–water partition coefficient (Wildman–Crippen LogP) is 3.60. The van der Waals surface area contributed by atoms with Crippen molar-refractivity contribution in [1.82, 2.24) is 4.31 Å². The van der Waals surface area contributed by atoms with Gasteiger partial charge in [0.1, 0.15) is 5.75 Å². The summed E-state index contributed by atoms with van der Waals surface area (Å²) in [4.78, 5) is 14.4. The molecule has 0 atom stereocenters. The van der Waals surface area contributed by atoms with Gasteiger partial charge >= 0.3 is 0 Å². The molecule has 1 aliphatic heterocycles. The first kappa shape index (κ1) is 22.4. The topological polar surface area (TPSA) is 79.0 Å². The highest BCUT2D eigenvalue weighted by Crippen LogP contribution is 2.30. The lowest BCUT2D eigenvalue weighted by Crippen LogP contribution is -2.35. The Morgan fingerprint density at radius 1 is 1.13 bits per heavy atom. The van der Waals surface area contributed by atoms with Gasteiger partial charge in [0, 0.05) is 32.2 Å². The zero-order chi connectivity index (χ0) is 21.7. The molecule has 3 rings (SSSR count). The third-order valence-corrected chi connectivity index (χ3v) is 6.97. The van der Waals surface area contributed by atoms with Crippen LogP contribution in [-0.4, -0.2) is 52.4 Å².